The Hall–Kier alpha value is -1.66. The molecule has 1 heterocycles. The van der Waals surface area contributed by atoms with Gasteiger partial charge in [-0.05, 0) is 34.0 Å². The van der Waals surface area contributed by atoms with E-state index in [2.05, 4.69) is 55.3 Å². The van der Waals surface area contributed by atoms with Gasteiger partial charge >= 0.3 is 0 Å². The summed E-state index contributed by atoms with van der Waals surface area (Å²) in [5.74, 6) is 6.53. The fourth-order valence-corrected chi connectivity index (χ4v) is 2.31. The third-order valence-electron chi connectivity index (χ3n) is 2.89. The highest BCUT2D eigenvalue weighted by molar-refractivity contribution is 9.10. The molecule has 0 amide bonds. The number of anilines is 2. The SMILES string of the molecule is Cc1ccccc1CN(C)c1nc(NN)ncc1Br. The van der Waals surface area contributed by atoms with Gasteiger partial charge in [0.25, 0.3) is 0 Å². The molecule has 19 heavy (non-hydrogen) atoms. The number of halogens is 1. The summed E-state index contributed by atoms with van der Waals surface area (Å²) in [6.07, 6.45) is 1.69. The summed E-state index contributed by atoms with van der Waals surface area (Å²) in [6, 6.07) is 8.29. The van der Waals surface area contributed by atoms with Gasteiger partial charge in [-0.25, -0.2) is 10.8 Å². The molecule has 0 unspecified atom stereocenters. The lowest BCUT2D eigenvalue weighted by atomic mass is 10.1. The Balaban J connectivity index is 2.25. The van der Waals surface area contributed by atoms with Gasteiger partial charge in [-0.2, -0.15) is 4.98 Å². The summed E-state index contributed by atoms with van der Waals surface area (Å²) >= 11 is 3.46. The van der Waals surface area contributed by atoms with Gasteiger partial charge < -0.3 is 4.90 Å². The van der Waals surface area contributed by atoms with E-state index in [0.29, 0.717) is 5.95 Å². The minimum Gasteiger partial charge on any atom is -0.354 e. The molecule has 0 aliphatic carbocycles. The van der Waals surface area contributed by atoms with Gasteiger partial charge in [0.05, 0.1) is 4.47 Å². The van der Waals surface area contributed by atoms with E-state index < -0.39 is 0 Å². The highest BCUT2D eigenvalue weighted by Crippen LogP contribution is 2.24. The van der Waals surface area contributed by atoms with E-state index in [0.717, 1.165) is 16.8 Å². The fraction of sp³-hybridized carbons (Fsp3) is 0.231. The van der Waals surface area contributed by atoms with Crippen molar-refractivity contribution in [2.75, 3.05) is 17.4 Å². The van der Waals surface area contributed by atoms with Crippen LogP contribution in [0.4, 0.5) is 11.8 Å². The Morgan fingerprint density at radius 1 is 1.37 bits per heavy atom. The van der Waals surface area contributed by atoms with Crippen LogP contribution in [0.25, 0.3) is 0 Å². The number of nitrogens with one attached hydrogen (secondary N) is 1. The maximum atomic E-state index is 5.34. The molecule has 0 radical (unpaired) electrons. The van der Waals surface area contributed by atoms with Crippen molar-refractivity contribution in [3.05, 3.63) is 46.1 Å². The normalized spacial score (nSPS) is 10.3. The van der Waals surface area contributed by atoms with Crippen LogP contribution in [0.2, 0.25) is 0 Å². The molecule has 0 aliphatic rings. The van der Waals surface area contributed by atoms with Gasteiger partial charge in [-0.3, -0.25) is 5.43 Å². The molecule has 5 nitrogen and oxygen atoms in total. The van der Waals surface area contributed by atoms with Gasteiger partial charge in [-0.15, -0.1) is 0 Å². The summed E-state index contributed by atoms with van der Waals surface area (Å²) < 4.78 is 0.836. The van der Waals surface area contributed by atoms with Gasteiger partial charge in [0.15, 0.2) is 0 Å². The minimum absolute atomic E-state index is 0.398. The van der Waals surface area contributed by atoms with Crippen LogP contribution >= 0.6 is 15.9 Å². The molecule has 2 rings (SSSR count). The van der Waals surface area contributed by atoms with Crippen LogP contribution in [0.3, 0.4) is 0 Å². The molecule has 3 N–H and O–H groups in total. The maximum absolute atomic E-state index is 5.34. The second-order valence-corrected chi connectivity index (χ2v) is 5.15. The van der Waals surface area contributed by atoms with E-state index in [9.17, 15) is 0 Å². The first-order valence-electron chi connectivity index (χ1n) is 5.86. The summed E-state index contributed by atoms with van der Waals surface area (Å²) in [6.45, 7) is 2.87. The highest BCUT2D eigenvalue weighted by atomic mass is 79.9. The molecule has 0 fully saturated rings. The standard InChI is InChI=1S/C13H16BrN5/c1-9-5-3-4-6-10(9)8-19(2)12-11(14)7-16-13(17-12)18-15/h3-7H,8,15H2,1-2H3,(H,16,17,18). The van der Waals surface area contributed by atoms with Crippen LogP contribution < -0.4 is 16.2 Å². The average Bonchev–Trinajstić information content (AvgIpc) is 2.42. The van der Waals surface area contributed by atoms with E-state index in [1.165, 1.54) is 11.1 Å². The van der Waals surface area contributed by atoms with Crippen molar-refractivity contribution >= 4 is 27.7 Å². The first-order chi connectivity index (χ1) is 9.11. The Morgan fingerprint density at radius 3 is 2.79 bits per heavy atom. The van der Waals surface area contributed by atoms with Crippen molar-refractivity contribution in [1.29, 1.82) is 0 Å². The molecule has 0 atom stereocenters. The monoisotopic (exact) mass is 321 g/mol. The van der Waals surface area contributed by atoms with Crippen LogP contribution in [0.15, 0.2) is 34.9 Å². The molecular weight excluding hydrogens is 306 g/mol. The first-order valence-corrected chi connectivity index (χ1v) is 6.66. The van der Waals surface area contributed by atoms with Crippen LogP contribution in [0.5, 0.6) is 0 Å². The zero-order chi connectivity index (χ0) is 13.8. The van der Waals surface area contributed by atoms with Crippen molar-refractivity contribution in [3.8, 4) is 0 Å². The summed E-state index contributed by atoms with van der Waals surface area (Å²) in [5.41, 5.74) is 4.98. The molecule has 0 aliphatic heterocycles. The molecule has 100 valence electrons. The molecule has 0 saturated carbocycles. The van der Waals surface area contributed by atoms with Gasteiger partial charge in [0.1, 0.15) is 5.82 Å². The Morgan fingerprint density at radius 2 is 2.11 bits per heavy atom. The van der Waals surface area contributed by atoms with Gasteiger partial charge in [-0.1, -0.05) is 24.3 Å². The van der Waals surface area contributed by atoms with Crippen LogP contribution in [0, 0.1) is 6.92 Å². The number of aryl methyl sites for hydroxylation is 1. The quantitative estimate of drug-likeness (QED) is 0.669. The lowest BCUT2D eigenvalue weighted by Crippen LogP contribution is -2.20. The predicted molar refractivity (Wildman–Crippen MR) is 80.8 cm³/mol. The van der Waals surface area contributed by atoms with Crippen LogP contribution in [0.1, 0.15) is 11.1 Å². The highest BCUT2D eigenvalue weighted by Gasteiger charge is 2.11. The molecule has 0 bridgehead atoms. The average molecular weight is 322 g/mol. The zero-order valence-electron chi connectivity index (χ0n) is 10.9. The van der Waals surface area contributed by atoms with E-state index in [-0.39, 0.29) is 0 Å². The van der Waals surface area contributed by atoms with E-state index in [1.807, 2.05) is 19.2 Å². The summed E-state index contributed by atoms with van der Waals surface area (Å²) in [4.78, 5) is 10.4. The van der Waals surface area contributed by atoms with E-state index >= 15 is 0 Å². The minimum atomic E-state index is 0.398. The van der Waals surface area contributed by atoms with Crippen molar-refractivity contribution in [3.63, 3.8) is 0 Å². The predicted octanol–water partition coefficient (Wildman–Crippen LogP) is 2.47. The Kier molecular flexibility index (Phi) is 4.34. The fourth-order valence-electron chi connectivity index (χ4n) is 1.81. The number of hydrazine groups is 1. The molecule has 0 spiro atoms. The van der Waals surface area contributed by atoms with Crippen molar-refractivity contribution < 1.29 is 0 Å². The third-order valence-corrected chi connectivity index (χ3v) is 3.44. The smallest absolute Gasteiger partial charge is 0.239 e. The molecule has 1 aromatic heterocycles. The maximum Gasteiger partial charge on any atom is 0.239 e. The van der Waals surface area contributed by atoms with E-state index in [4.69, 9.17) is 5.84 Å². The van der Waals surface area contributed by atoms with E-state index in [1.54, 1.807) is 6.20 Å². The number of rotatable bonds is 4. The third kappa shape index (κ3) is 3.21. The number of hydrogen-bond acceptors (Lipinski definition) is 5. The number of nitrogen functional groups attached to an aromatic ring is 1. The van der Waals surface area contributed by atoms with Crippen molar-refractivity contribution in [2.24, 2.45) is 5.84 Å². The van der Waals surface area contributed by atoms with Gasteiger partial charge in [0, 0.05) is 19.8 Å². The lowest BCUT2D eigenvalue weighted by molar-refractivity contribution is 0.879. The first kappa shape index (κ1) is 13.8. The molecule has 2 aromatic rings. The molecule has 1 aromatic carbocycles. The number of benzene rings is 1. The van der Waals surface area contributed by atoms with Crippen LogP contribution in [-0.2, 0) is 6.54 Å². The zero-order valence-corrected chi connectivity index (χ0v) is 12.5. The largest absolute Gasteiger partial charge is 0.354 e. The summed E-state index contributed by atoms with van der Waals surface area (Å²) in [5, 5.41) is 0. The Bertz CT molecular complexity index is 573. The molecule has 6 heteroatoms. The topological polar surface area (TPSA) is 67.1 Å². The Labute approximate surface area is 121 Å². The number of nitrogens with two attached hydrogens (primary N) is 1. The van der Waals surface area contributed by atoms with Gasteiger partial charge in [0.2, 0.25) is 5.95 Å². The van der Waals surface area contributed by atoms with Crippen LogP contribution in [-0.4, -0.2) is 17.0 Å². The number of hydrogen-bond donors (Lipinski definition) is 2. The molecular formula is C13H16BrN5. The lowest BCUT2D eigenvalue weighted by Gasteiger charge is -2.20. The molecule has 0 saturated heterocycles. The second kappa shape index (κ2) is 5.99. The van der Waals surface area contributed by atoms with Crippen molar-refractivity contribution in [2.45, 2.75) is 13.5 Å². The number of aromatic nitrogens is 2. The second-order valence-electron chi connectivity index (χ2n) is 4.29. The van der Waals surface area contributed by atoms with Crippen molar-refractivity contribution in [1.82, 2.24) is 9.97 Å². The summed E-state index contributed by atoms with van der Waals surface area (Å²) in [7, 11) is 1.99. The number of nitrogens with zero attached hydrogens (tertiary/aromatic N) is 3.